The number of ether oxygens (including phenoxy) is 1. The molecule has 33 heavy (non-hydrogen) atoms. The van der Waals surface area contributed by atoms with Crippen LogP contribution < -0.4 is 10.6 Å². The third-order valence-electron chi connectivity index (χ3n) is 7.65. The normalized spacial score (nSPS) is 27.2. The van der Waals surface area contributed by atoms with Gasteiger partial charge in [0, 0.05) is 25.3 Å². The topological polar surface area (TPSA) is 105 Å². The number of hydrogen-bond donors (Lipinski definition) is 3. The predicted molar refractivity (Wildman–Crippen MR) is 127 cm³/mol. The highest BCUT2D eigenvalue weighted by molar-refractivity contribution is 5.84. The second-order valence-corrected chi connectivity index (χ2v) is 10.1. The standard InChI is InChI=1S/C26H42N2O5/c29-24(13-8-11-19-9-4-3-5-10-19)28-18-25(30)27-17-21-20(22-15-16-23(21)33-22)12-6-1-2-7-14-26(31)32/h1,6,19-23H,2-5,7-18H2,(H,27,30)(H,28,29)(H,31,32)/t20-,21-,22-,23-/m0/s1. The van der Waals surface area contributed by atoms with E-state index in [0.29, 0.717) is 31.2 Å². The van der Waals surface area contributed by atoms with E-state index < -0.39 is 5.97 Å². The SMILES string of the molecule is O=C(O)CCCC=CC[C@H]1[C@H](CNC(=O)CNC(=O)CCCC2CCCCC2)[C@@H]2CC[C@@H]1O2. The van der Waals surface area contributed by atoms with Crippen LogP contribution >= 0.6 is 0 Å². The number of fused-ring (bicyclic) bond motifs is 2. The third kappa shape index (κ3) is 8.76. The molecule has 0 aromatic carbocycles. The number of carboxylic acid groups (broad SMARTS) is 1. The zero-order valence-electron chi connectivity index (χ0n) is 19.9. The number of carbonyl (C=O) groups is 3. The van der Waals surface area contributed by atoms with Crippen LogP contribution in [0.3, 0.4) is 0 Å². The van der Waals surface area contributed by atoms with Gasteiger partial charge < -0.3 is 20.5 Å². The van der Waals surface area contributed by atoms with Gasteiger partial charge >= 0.3 is 5.97 Å². The Kier molecular flexibility index (Phi) is 10.7. The largest absolute Gasteiger partial charge is 0.481 e. The van der Waals surface area contributed by atoms with Crippen LogP contribution in [0.1, 0.15) is 89.9 Å². The van der Waals surface area contributed by atoms with E-state index in [4.69, 9.17) is 9.84 Å². The van der Waals surface area contributed by atoms with Crippen LogP contribution in [0.2, 0.25) is 0 Å². The summed E-state index contributed by atoms with van der Waals surface area (Å²) in [6.07, 6.45) is 18.5. The lowest BCUT2D eigenvalue weighted by atomic mass is 9.77. The van der Waals surface area contributed by atoms with E-state index in [1.54, 1.807) is 0 Å². The molecule has 2 bridgehead atoms. The van der Waals surface area contributed by atoms with Crippen LogP contribution in [0.25, 0.3) is 0 Å². The summed E-state index contributed by atoms with van der Waals surface area (Å²) in [5.74, 6) is 0.538. The van der Waals surface area contributed by atoms with Crippen LogP contribution in [-0.2, 0) is 19.1 Å². The number of nitrogens with one attached hydrogen (secondary N) is 2. The van der Waals surface area contributed by atoms with Crippen molar-refractivity contribution in [2.24, 2.45) is 17.8 Å². The van der Waals surface area contributed by atoms with E-state index in [9.17, 15) is 14.4 Å². The summed E-state index contributed by atoms with van der Waals surface area (Å²) >= 11 is 0. The van der Waals surface area contributed by atoms with Gasteiger partial charge in [0.25, 0.3) is 0 Å². The molecular weight excluding hydrogens is 420 g/mol. The van der Waals surface area contributed by atoms with Crippen molar-refractivity contribution in [3.05, 3.63) is 12.2 Å². The summed E-state index contributed by atoms with van der Waals surface area (Å²) in [4.78, 5) is 35.0. The first-order chi connectivity index (χ1) is 16.0. The minimum Gasteiger partial charge on any atom is -0.481 e. The fraction of sp³-hybridized carbons (Fsp3) is 0.808. The highest BCUT2D eigenvalue weighted by Crippen LogP contribution is 2.44. The third-order valence-corrected chi connectivity index (χ3v) is 7.65. The lowest BCUT2D eigenvalue weighted by Crippen LogP contribution is -2.42. The molecule has 4 atom stereocenters. The lowest BCUT2D eigenvalue weighted by molar-refractivity contribution is -0.137. The maximum Gasteiger partial charge on any atom is 0.303 e. The van der Waals surface area contributed by atoms with Crippen LogP contribution in [0.4, 0.5) is 0 Å². The number of carbonyl (C=O) groups excluding carboxylic acids is 2. The number of allylic oxidation sites excluding steroid dienone is 2. The number of amides is 2. The van der Waals surface area contributed by atoms with Crippen LogP contribution in [0, 0.1) is 17.8 Å². The van der Waals surface area contributed by atoms with Gasteiger partial charge in [0.1, 0.15) is 0 Å². The predicted octanol–water partition coefficient (Wildman–Crippen LogP) is 3.96. The average Bonchev–Trinajstić information content (AvgIpc) is 3.41. The zero-order chi connectivity index (χ0) is 23.5. The van der Waals surface area contributed by atoms with Gasteiger partial charge in [-0.05, 0) is 56.8 Å². The molecular formula is C26H42N2O5. The van der Waals surface area contributed by atoms with Crippen molar-refractivity contribution in [1.82, 2.24) is 10.6 Å². The molecule has 1 aliphatic carbocycles. The van der Waals surface area contributed by atoms with E-state index in [1.807, 2.05) is 0 Å². The molecule has 0 radical (unpaired) electrons. The second kappa shape index (κ2) is 13.7. The van der Waals surface area contributed by atoms with Crippen molar-refractivity contribution in [2.75, 3.05) is 13.1 Å². The molecule has 1 saturated carbocycles. The molecule has 0 aromatic rings. The minimum atomic E-state index is -0.753. The molecule has 7 nitrogen and oxygen atoms in total. The molecule has 2 heterocycles. The number of carboxylic acids is 1. The van der Waals surface area contributed by atoms with E-state index in [0.717, 1.165) is 44.4 Å². The van der Waals surface area contributed by atoms with Crippen LogP contribution in [0.15, 0.2) is 12.2 Å². The molecule has 0 spiro atoms. The van der Waals surface area contributed by atoms with Gasteiger partial charge in [0.05, 0.1) is 18.8 Å². The van der Waals surface area contributed by atoms with Crippen molar-refractivity contribution < 1.29 is 24.2 Å². The number of hydrogen-bond acceptors (Lipinski definition) is 4. The van der Waals surface area contributed by atoms with Crippen molar-refractivity contribution in [3.63, 3.8) is 0 Å². The van der Waals surface area contributed by atoms with Crippen LogP contribution in [-0.4, -0.2) is 48.2 Å². The van der Waals surface area contributed by atoms with Crippen molar-refractivity contribution in [3.8, 4) is 0 Å². The smallest absolute Gasteiger partial charge is 0.303 e. The second-order valence-electron chi connectivity index (χ2n) is 10.1. The van der Waals surface area contributed by atoms with Gasteiger partial charge in [0.2, 0.25) is 11.8 Å². The van der Waals surface area contributed by atoms with Crippen molar-refractivity contribution in [2.45, 2.75) is 102 Å². The number of unbranched alkanes of at least 4 members (excludes halogenated alkanes) is 1. The Morgan fingerprint density at radius 3 is 2.36 bits per heavy atom. The monoisotopic (exact) mass is 462 g/mol. The summed E-state index contributed by atoms with van der Waals surface area (Å²) in [5.41, 5.74) is 0. The molecule has 3 aliphatic rings. The first kappa shape index (κ1) is 25.7. The molecule has 186 valence electrons. The first-order valence-corrected chi connectivity index (χ1v) is 13.1. The lowest BCUT2D eigenvalue weighted by Gasteiger charge is -2.27. The maximum absolute atomic E-state index is 12.3. The average molecular weight is 463 g/mol. The van der Waals surface area contributed by atoms with E-state index in [1.165, 1.54) is 32.1 Å². The molecule has 3 N–H and O–H groups in total. The number of rotatable bonds is 14. The molecule has 7 heteroatoms. The Bertz CT molecular complexity index is 674. The summed E-state index contributed by atoms with van der Waals surface area (Å²) in [5, 5.41) is 14.5. The molecule has 2 amide bonds. The maximum atomic E-state index is 12.3. The molecule has 3 fully saturated rings. The Morgan fingerprint density at radius 1 is 0.848 bits per heavy atom. The van der Waals surface area contributed by atoms with Gasteiger partial charge in [-0.3, -0.25) is 14.4 Å². The molecule has 3 rings (SSSR count). The summed E-state index contributed by atoms with van der Waals surface area (Å²) in [6.45, 7) is 0.618. The Balaban J connectivity index is 1.29. The van der Waals surface area contributed by atoms with Gasteiger partial charge in [-0.1, -0.05) is 44.3 Å². The fourth-order valence-electron chi connectivity index (χ4n) is 5.81. The van der Waals surface area contributed by atoms with E-state index in [-0.39, 0.29) is 37.0 Å². The highest BCUT2D eigenvalue weighted by atomic mass is 16.5. The van der Waals surface area contributed by atoms with Gasteiger partial charge in [-0.25, -0.2) is 0 Å². The Morgan fingerprint density at radius 2 is 1.61 bits per heavy atom. The fourth-order valence-corrected chi connectivity index (χ4v) is 5.81. The van der Waals surface area contributed by atoms with E-state index >= 15 is 0 Å². The molecule has 2 saturated heterocycles. The van der Waals surface area contributed by atoms with Crippen LogP contribution in [0.5, 0.6) is 0 Å². The molecule has 0 unspecified atom stereocenters. The Hall–Kier alpha value is -1.89. The summed E-state index contributed by atoms with van der Waals surface area (Å²) in [7, 11) is 0. The van der Waals surface area contributed by atoms with Gasteiger partial charge in [0.15, 0.2) is 0 Å². The quantitative estimate of drug-likeness (QED) is 0.268. The zero-order valence-corrected chi connectivity index (χ0v) is 19.9. The highest BCUT2D eigenvalue weighted by Gasteiger charge is 2.47. The minimum absolute atomic E-state index is 0.0323. The van der Waals surface area contributed by atoms with Crippen molar-refractivity contribution in [1.29, 1.82) is 0 Å². The van der Waals surface area contributed by atoms with Crippen molar-refractivity contribution >= 4 is 17.8 Å². The first-order valence-electron chi connectivity index (χ1n) is 13.1. The number of aliphatic carboxylic acids is 1. The van der Waals surface area contributed by atoms with E-state index in [2.05, 4.69) is 22.8 Å². The van der Waals surface area contributed by atoms with Gasteiger partial charge in [-0.2, -0.15) is 0 Å². The summed E-state index contributed by atoms with van der Waals surface area (Å²) < 4.78 is 6.10. The molecule has 0 aromatic heterocycles. The Labute approximate surface area is 198 Å². The summed E-state index contributed by atoms with van der Waals surface area (Å²) in [6, 6.07) is 0. The van der Waals surface area contributed by atoms with Gasteiger partial charge in [-0.15, -0.1) is 0 Å². The molecule has 2 aliphatic heterocycles.